The van der Waals surface area contributed by atoms with Crippen molar-refractivity contribution in [3.8, 4) is 17.9 Å². The van der Waals surface area contributed by atoms with E-state index in [9.17, 15) is 18.9 Å². The molecule has 8 nitrogen and oxygen atoms in total. The van der Waals surface area contributed by atoms with E-state index in [0.29, 0.717) is 17.2 Å². The molecule has 176 valence electrons. The number of fused-ring (bicyclic) bond motifs is 1. The van der Waals surface area contributed by atoms with Gasteiger partial charge in [-0.3, -0.25) is 0 Å². The smallest absolute Gasteiger partial charge is 0.241 e. The molecule has 0 aliphatic carbocycles. The van der Waals surface area contributed by atoms with Gasteiger partial charge in [-0.25, -0.2) is 13.1 Å². The van der Waals surface area contributed by atoms with Gasteiger partial charge < -0.3 is 14.4 Å². The van der Waals surface area contributed by atoms with Gasteiger partial charge in [0.15, 0.2) is 11.3 Å². The lowest BCUT2D eigenvalue weighted by atomic mass is 10.2. The molecule has 0 radical (unpaired) electrons. The van der Waals surface area contributed by atoms with Crippen molar-refractivity contribution in [2.45, 2.75) is 27.8 Å². The predicted molar refractivity (Wildman–Crippen MR) is 132 cm³/mol. The Hall–Kier alpha value is -1.86. The summed E-state index contributed by atoms with van der Waals surface area (Å²) < 4.78 is 39.7. The minimum absolute atomic E-state index is 0.0292. The molecule has 3 rings (SSSR count). The Morgan fingerprint density at radius 3 is 2.73 bits per heavy atom. The second-order valence-corrected chi connectivity index (χ2v) is 12.3. The summed E-state index contributed by atoms with van der Waals surface area (Å²) in [6.07, 6.45) is 0. The van der Waals surface area contributed by atoms with Crippen molar-refractivity contribution in [3.05, 3.63) is 41.8 Å². The van der Waals surface area contributed by atoms with Crippen molar-refractivity contribution in [1.29, 1.82) is 10.5 Å². The number of allylic oxidation sites excluding steroid dienone is 1. The molecule has 2 heterocycles. The van der Waals surface area contributed by atoms with Gasteiger partial charge in [0.1, 0.15) is 12.1 Å². The van der Waals surface area contributed by atoms with Crippen LogP contribution in [0.4, 0.5) is 5.69 Å². The fourth-order valence-electron chi connectivity index (χ4n) is 3.25. The van der Waals surface area contributed by atoms with Crippen molar-refractivity contribution in [3.63, 3.8) is 0 Å². The van der Waals surface area contributed by atoms with E-state index in [1.54, 1.807) is 16.7 Å². The molecule has 0 bridgehead atoms. The number of thioether (sulfide) groups is 2. The van der Waals surface area contributed by atoms with Gasteiger partial charge >= 0.3 is 0 Å². The summed E-state index contributed by atoms with van der Waals surface area (Å²) in [6.45, 7) is 6.50. The zero-order valence-electron chi connectivity index (χ0n) is 18.1. The predicted octanol–water partition coefficient (Wildman–Crippen LogP) is 3.43. The van der Waals surface area contributed by atoms with E-state index < -0.39 is 20.8 Å². The second kappa shape index (κ2) is 11.0. The van der Waals surface area contributed by atoms with Crippen LogP contribution in [0.1, 0.15) is 6.92 Å². The topological polar surface area (TPSA) is 115 Å². The van der Waals surface area contributed by atoms with Gasteiger partial charge in [-0.1, -0.05) is 19.1 Å². The van der Waals surface area contributed by atoms with E-state index in [0.717, 1.165) is 11.3 Å². The zero-order chi connectivity index (χ0) is 24.2. The highest BCUT2D eigenvalue weighted by molar-refractivity contribution is 8.02. The highest BCUT2D eigenvalue weighted by Crippen LogP contribution is 2.41. The van der Waals surface area contributed by atoms with Crippen LogP contribution in [0, 0.1) is 22.7 Å². The third-order valence-corrected chi connectivity index (χ3v) is 9.70. The molecular weight excluding hydrogens is 504 g/mol. The quantitative estimate of drug-likeness (QED) is 0.338. The highest BCUT2D eigenvalue weighted by atomic mass is 35.5. The number of sulfonamides is 1. The first-order valence-electron chi connectivity index (χ1n) is 9.91. The van der Waals surface area contributed by atoms with Crippen LogP contribution >= 0.6 is 35.1 Å². The average Bonchev–Trinajstić information content (AvgIpc) is 3.15. The second-order valence-electron chi connectivity index (χ2n) is 7.36. The van der Waals surface area contributed by atoms with Crippen molar-refractivity contribution in [2.24, 2.45) is 0 Å². The SMILES string of the molecule is C=C1CSC(C)C(NS(=O)(=O)c2ccc3c(c2)N(CCOC)C(=C(C#N)C#N)O3)C(Cl)SC1. The van der Waals surface area contributed by atoms with Gasteiger partial charge in [-0.15, -0.1) is 23.4 Å². The number of nitriles is 2. The number of alkyl halides is 1. The normalized spacial score (nSPS) is 23.1. The number of benzene rings is 1. The van der Waals surface area contributed by atoms with Crippen molar-refractivity contribution in [2.75, 3.05) is 36.7 Å². The standard InChI is InChI=1S/C21H23ClN4O4S3/c1-13-11-31-14(2)19(20(22)32-12-13)25-33(27,28)16-4-5-18-17(8-16)26(6-7-29-3)21(30-18)15(9-23)10-24/h4-5,8,14,19-20,25H,1,6-7,11-12H2,2-3H3. The molecule has 2 aliphatic rings. The molecule has 0 aromatic heterocycles. The van der Waals surface area contributed by atoms with Crippen LogP contribution in [0.15, 0.2) is 46.7 Å². The average molecular weight is 527 g/mol. The number of nitrogens with one attached hydrogen (secondary N) is 1. The summed E-state index contributed by atoms with van der Waals surface area (Å²) in [5.41, 5.74) is 1.28. The molecule has 0 spiro atoms. The minimum atomic E-state index is -3.92. The van der Waals surface area contributed by atoms with E-state index in [1.807, 2.05) is 19.1 Å². The molecule has 1 aromatic rings. The Kier molecular flexibility index (Phi) is 8.62. The minimum Gasteiger partial charge on any atom is -0.436 e. The van der Waals surface area contributed by atoms with Crippen molar-refractivity contribution in [1.82, 2.24) is 4.72 Å². The van der Waals surface area contributed by atoms with Crippen LogP contribution < -0.4 is 14.4 Å². The summed E-state index contributed by atoms with van der Waals surface area (Å²) in [5.74, 6) is 1.82. The monoisotopic (exact) mass is 526 g/mol. The molecule has 33 heavy (non-hydrogen) atoms. The maximum Gasteiger partial charge on any atom is 0.241 e. The first kappa shape index (κ1) is 25.8. The maximum absolute atomic E-state index is 13.3. The number of ether oxygens (including phenoxy) is 2. The summed E-state index contributed by atoms with van der Waals surface area (Å²) in [5, 5.41) is 18.5. The molecule has 2 aliphatic heterocycles. The molecule has 1 aromatic carbocycles. The van der Waals surface area contributed by atoms with E-state index in [4.69, 9.17) is 21.1 Å². The van der Waals surface area contributed by atoms with Crippen LogP contribution in [0.5, 0.6) is 5.75 Å². The van der Waals surface area contributed by atoms with Crippen LogP contribution in [0.3, 0.4) is 0 Å². The number of methoxy groups -OCH3 is 1. The number of anilines is 1. The first-order valence-corrected chi connectivity index (χ1v) is 13.9. The molecule has 12 heteroatoms. The molecular formula is C21H23ClN4O4S3. The molecule has 3 atom stereocenters. The Morgan fingerprint density at radius 2 is 2.06 bits per heavy atom. The van der Waals surface area contributed by atoms with E-state index in [-0.39, 0.29) is 34.8 Å². The lowest BCUT2D eigenvalue weighted by Crippen LogP contribution is -2.46. The van der Waals surface area contributed by atoms with E-state index in [2.05, 4.69) is 11.3 Å². The third-order valence-electron chi connectivity index (χ3n) is 5.02. The lowest BCUT2D eigenvalue weighted by molar-refractivity contribution is 0.205. The van der Waals surface area contributed by atoms with Gasteiger partial charge in [-0.2, -0.15) is 22.3 Å². The van der Waals surface area contributed by atoms with E-state index in [1.165, 1.54) is 37.1 Å². The fraction of sp³-hybridized carbons (Fsp3) is 0.429. The number of halogens is 1. The van der Waals surface area contributed by atoms with Crippen LogP contribution in [0.25, 0.3) is 0 Å². The molecule has 1 saturated heterocycles. The number of rotatable bonds is 6. The zero-order valence-corrected chi connectivity index (χ0v) is 21.3. The van der Waals surface area contributed by atoms with Gasteiger partial charge in [0, 0.05) is 30.4 Å². The van der Waals surface area contributed by atoms with Gasteiger partial charge in [0.05, 0.1) is 27.9 Å². The summed E-state index contributed by atoms with van der Waals surface area (Å²) in [4.78, 5) is 1.60. The van der Waals surface area contributed by atoms with Crippen molar-refractivity contribution >= 4 is 50.8 Å². The third kappa shape index (κ3) is 5.80. The molecule has 1 N–H and O–H groups in total. The molecule has 0 saturated carbocycles. The van der Waals surface area contributed by atoms with Crippen molar-refractivity contribution < 1.29 is 17.9 Å². The van der Waals surface area contributed by atoms with Crippen LogP contribution in [0.2, 0.25) is 0 Å². The van der Waals surface area contributed by atoms with Gasteiger partial charge in [0.25, 0.3) is 0 Å². The Labute approximate surface area is 207 Å². The molecule has 0 amide bonds. The summed E-state index contributed by atoms with van der Waals surface area (Å²) in [6, 6.07) is 7.53. The van der Waals surface area contributed by atoms with Crippen LogP contribution in [-0.4, -0.2) is 56.2 Å². The Bertz CT molecular complexity index is 1110. The Balaban J connectivity index is 1.93. The fourth-order valence-corrected chi connectivity index (χ4v) is 7.67. The molecule has 1 fully saturated rings. The lowest BCUT2D eigenvalue weighted by Gasteiger charge is -2.31. The van der Waals surface area contributed by atoms with E-state index >= 15 is 0 Å². The summed E-state index contributed by atoms with van der Waals surface area (Å²) in [7, 11) is -2.41. The number of nitrogens with zero attached hydrogens (tertiary/aromatic N) is 3. The first-order chi connectivity index (χ1) is 15.7. The van der Waals surface area contributed by atoms with Gasteiger partial charge in [0.2, 0.25) is 15.9 Å². The maximum atomic E-state index is 13.3. The van der Waals surface area contributed by atoms with Gasteiger partial charge in [-0.05, 0) is 18.2 Å². The number of hydrogen-bond acceptors (Lipinski definition) is 9. The largest absolute Gasteiger partial charge is 0.436 e. The Morgan fingerprint density at radius 1 is 1.36 bits per heavy atom. The molecule has 3 unspecified atom stereocenters. The van der Waals surface area contributed by atoms with Crippen LogP contribution in [-0.2, 0) is 14.8 Å². The number of hydrogen-bond donors (Lipinski definition) is 1. The summed E-state index contributed by atoms with van der Waals surface area (Å²) >= 11 is 9.62. The highest BCUT2D eigenvalue weighted by Gasteiger charge is 2.35.